The fourth-order valence-corrected chi connectivity index (χ4v) is 1.18. The fourth-order valence-electron chi connectivity index (χ4n) is 1.18. The first kappa shape index (κ1) is 14.9. The molecule has 0 saturated heterocycles. The first-order valence-electron chi connectivity index (χ1n) is 5.45. The van der Waals surface area contributed by atoms with Crippen LogP contribution in [0.25, 0.3) is 0 Å². The summed E-state index contributed by atoms with van der Waals surface area (Å²) < 4.78 is 4.62. The molecule has 3 N–H and O–H groups in total. The van der Waals surface area contributed by atoms with E-state index in [-0.39, 0.29) is 17.7 Å². The van der Waals surface area contributed by atoms with Crippen LogP contribution in [0.1, 0.15) is 27.7 Å². The Morgan fingerprint density at radius 1 is 1.12 bits per heavy atom. The van der Waals surface area contributed by atoms with E-state index in [1.165, 1.54) is 7.11 Å². The molecule has 1 amide bonds. The summed E-state index contributed by atoms with van der Waals surface area (Å²) in [7, 11) is 1.30. The predicted octanol–water partition coefficient (Wildman–Crippen LogP) is 0.284. The molecule has 0 aliphatic heterocycles. The number of nitrogens with one attached hydrogen (secondary N) is 1. The van der Waals surface area contributed by atoms with Crippen LogP contribution in [0, 0.1) is 11.8 Å². The molecule has 0 heterocycles. The van der Waals surface area contributed by atoms with Crippen molar-refractivity contribution in [3.8, 4) is 0 Å². The van der Waals surface area contributed by atoms with Gasteiger partial charge < -0.3 is 15.8 Å². The van der Waals surface area contributed by atoms with Crippen molar-refractivity contribution in [2.24, 2.45) is 17.6 Å². The van der Waals surface area contributed by atoms with Gasteiger partial charge in [0.05, 0.1) is 13.2 Å². The highest BCUT2D eigenvalue weighted by Crippen LogP contribution is 2.05. The largest absolute Gasteiger partial charge is 0.467 e. The van der Waals surface area contributed by atoms with Crippen LogP contribution < -0.4 is 11.1 Å². The Bertz CT molecular complexity index is 252. The third-order valence-electron chi connectivity index (χ3n) is 2.44. The Labute approximate surface area is 96.7 Å². The van der Waals surface area contributed by atoms with E-state index in [4.69, 9.17) is 5.73 Å². The molecule has 16 heavy (non-hydrogen) atoms. The smallest absolute Gasteiger partial charge is 0.328 e. The molecule has 0 saturated carbocycles. The number of amides is 1. The zero-order chi connectivity index (χ0) is 12.9. The SMILES string of the molecule is COC(=O)C(NC(=O)[C@@H](N)C(C)C)C(C)C. The first-order chi connectivity index (χ1) is 7.31. The van der Waals surface area contributed by atoms with Gasteiger partial charge in [0.1, 0.15) is 6.04 Å². The molecule has 0 aliphatic rings. The summed E-state index contributed by atoms with van der Waals surface area (Å²) in [6.07, 6.45) is 0. The van der Waals surface area contributed by atoms with Crippen molar-refractivity contribution < 1.29 is 14.3 Å². The highest BCUT2D eigenvalue weighted by molar-refractivity contribution is 5.87. The molecular weight excluding hydrogens is 208 g/mol. The van der Waals surface area contributed by atoms with E-state index < -0.39 is 18.1 Å². The number of carbonyl (C=O) groups is 2. The van der Waals surface area contributed by atoms with Gasteiger partial charge in [0.15, 0.2) is 0 Å². The van der Waals surface area contributed by atoms with Crippen LogP contribution >= 0.6 is 0 Å². The molecule has 94 valence electrons. The van der Waals surface area contributed by atoms with Crippen molar-refractivity contribution in [2.75, 3.05) is 7.11 Å². The molecule has 5 nitrogen and oxygen atoms in total. The molecule has 0 rings (SSSR count). The van der Waals surface area contributed by atoms with Gasteiger partial charge in [-0.15, -0.1) is 0 Å². The second-order valence-electron chi connectivity index (χ2n) is 4.52. The maximum Gasteiger partial charge on any atom is 0.328 e. The van der Waals surface area contributed by atoms with E-state index in [9.17, 15) is 9.59 Å². The van der Waals surface area contributed by atoms with Crippen molar-refractivity contribution in [1.29, 1.82) is 0 Å². The molecule has 0 aromatic heterocycles. The van der Waals surface area contributed by atoms with E-state index in [1.807, 2.05) is 27.7 Å². The van der Waals surface area contributed by atoms with Crippen LogP contribution in [-0.4, -0.2) is 31.1 Å². The lowest BCUT2D eigenvalue weighted by Gasteiger charge is -2.23. The van der Waals surface area contributed by atoms with Gasteiger partial charge in [0.25, 0.3) is 0 Å². The molecule has 0 bridgehead atoms. The van der Waals surface area contributed by atoms with Gasteiger partial charge >= 0.3 is 5.97 Å². The zero-order valence-corrected chi connectivity index (χ0v) is 10.6. The number of rotatable bonds is 5. The molecule has 0 spiro atoms. The molecule has 5 heteroatoms. The third-order valence-corrected chi connectivity index (χ3v) is 2.44. The number of hydrogen-bond donors (Lipinski definition) is 2. The van der Waals surface area contributed by atoms with Gasteiger partial charge in [0, 0.05) is 0 Å². The number of esters is 1. The minimum absolute atomic E-state index is 0.0317. The number of hydrogen-bond acceptors (Lipinski definition) is 4. The summed E-state index contributed by atoms with van der Waals surface area (Å²) in [4.78, 5) is 23.1. The highest BCUT2D eigenvalue weighted by Gasteiger charge is 2.27. The summed E-state index contributed by atoms with van der Waals surface area (Å²) in [5.41, 5.74) is 5.69. The van der Waals surface area contributed by atoms with Gasteiger partial charge in [-0.25, -0.2) is 4.79 Å². The second-order valence-corrected chi connectivity index (χ2v) is 4.52. The summed E-state index contributed by atoms with van der Waals surface area (Å²) in [5.74, 6) is -0.764. The zero-order valence-electron chi connectivity index (χ0n) is 10.6. The Morgan fingerprint density at radius 3 is 1.94 bits per heavy atom. The first-order valence-corrected chi connectivity index (χ1v) is 5.45. The summed E-state index contributed by atoms with van der Waals surface area (Å²) in [6, 6.07) is -1.24. The number of nitrogens with two attached hydrogens (primary N) is 1. The van der Waals surface area contributed by atoms with Crippen molar-refractivity contribution in [3.63, 3.8) is 0 Å². The summed E-state index contributed by atoms with van der Waals surface area (Å²) in [5, 5.41) is 2.61. The van der Waals surface area contributed by atoms with Gasteiger partial charge in [-0.05, 0) is 11.8 Å². The van der Waals surface area contributed by atoms with Gasteiger partial charge in [-0.2, -0.15) is 0 Å². The van der Waals surface area contributed by atoms with Gasteiger partial charge in [0.2, 0.25) is 5.91 Å². The Balaban J connectivity index is 4.53. The normalized spacial score (nSPS) is 14.8. The van der Waals surface area contributed by atoms with Crippen LogP contribution in [0.2, 0.25) is 0 Å². The lowest BCUT2D eigenvalue weighted by Crippen LogP contribution is -2.52. The Morgan fingerprint density at radius 2 is 1.62 bits per heavy atom. The maximum absolute atomic E-state index is 11.7. The van der Waals surface area contributed by atoms with Crippen LogP contribution in [0.3, 0.4) is 0 Å². The number of methoxy groups -OCH3 is 1. The molecule has 2 atom stereocenters. The van der Waals surface area contributed by atoms with E-state index in [1.54, 1.807) is 0 Å². The lowest BCUT2D eigenvalue weighted by atomic mass is 10.0. The number of carbonyl (C=O) groups excluding carboxylic acids is 2. The van der Waals surface area contributed by atoms with E-state index in [2.05, 4.69) is 10.1 Å². The van der Waals surface area contributed by atoms with E-state index in [0.717, 1.165) is 0 Å². The van der Waals surface area contributed by atoms with Crippen molar-refractivity contribution in [1.82, 2.24) is 5.32 Å². The molecule has 1 unspecified atom stereocenters. The fraction of sp³-hybridized carbons (Fsp3) is 0.818. The van der Waals surface area contributed by atoms with Gasteiger partial charge in [-0.3, -0.25) is 4.79 Å². The molecule has 0 aromatic rings. The average Bonchev–Trinajstić information content (AvgIpc) is 2.22. The Hall–Kier alpha value is -1.10. The third kappa shape index (κ3) is 4.18. The molecule has 0 radical (unpaired) electrons. The van der Waals surface area contributed by atoms with Crippen molar-refractivity contribution in [2.45, 2.75) is 39.8 Å². The molecule has 0 fully saturated rings. The van der Waals surface area contributed by atoms with Crippen LogP contribution in [0.15, 0.2) is 0 Å². The average molecular weight is 230 g/mol. The number of ether oxygens (including phenoxy) is 1. The van der Waals surface area contributed by atoms with Crippen LogP contribution in [0.5, 0.6) is 0 Å². The minimum Gasteiger partial charge on any atom is -0.467 e. The minimum atomic E-state index is -0.637. The van der Waals surface area contributed by atoms with Crippen molar-refractivity contribution in [3.05, 3.63) is 0 Å². The summed E-state index contributed by atoms with van der Waals surface area (Å²) in [6.45, 7) is 7.38. The predicted molar refractivity (Wildman–Crippen MR) is 61.6 cm³/mol. The topological polar surface area (TPSA) is 81.4 Å². The Kier molecular flexibility index (Phi) is 6.03. The summed E-state index contributed by atoms with van der Waals surface area (Å²) >= 11 is 0. The molecule has 0 aromatic carbocycles. The van der Waals surface area contributed by atoms with Crippen LogP contribution in [0.4, 0.5) is 0 Å². The maximum atomic E-state index is 11.7. The second kappa shape index (κ2) is 6.48. The molecular formula is C11H22N2O3. The monoisotopic (exact) mass is 230 g/mol. The van der Waals surface area contributed by atoms with E-state index in [0.29, 0.717) is 0 Å². The van der Waals surface area contributed by atoms with Crippen molar-refractivity contribution >= 4 is 11.9 Å². The molecule has 0 aliphatic carbocycles. The standard InChI is InChI=1S/C11H22N2O3/c1-6(2)8(12)10(14)13-9(7(3)4)11(15)16-5/h6-9H,12H2,1-5H3,(H,13,14)/t8-,9?/m0/s1. The van der Waals surface area contributed by atoms with Crippen LogP contribution in [-0.2, 0) is 14.3 Å². The highest BCUT2D eigenvalue weighted by atomic mass is 16.5. The lowest BCUT2D eigenvalue weighted by molar-refractivity contribution is -0.146. The quantitative estimate of drug-likeness (QED) is 0.665. The van der Waals surface area contributed by atoms with Gasteiger partial charge in [-0.1, -0.05) is 27.7 Å². The van der Waals surface area contributed by atoms with E-state index >= 15 is 0 Å².